The standard InChI is InChI=1S/C14H22BrN3OS/c1-10(2)9-18-14(19)13(15)12(8-17-18)16-7-11-5-3-4-6-20-11/h8,10-11,16H,3-7,9H2,1-2H3. The summed E-state index contributed by atoms with van der Waals surface area (Å²) in [6, 6.07) is 0. The Morgan fingerprint density at radius 1 is 1.55 bits per heavy atom. The molecule has 1 saturated heterocycles. The van der Waals surface area contributed by atoms with Crippen molar-refractivity contribution in [2.75, 3.05) is 17.6 Å². The van der Waals surface area contributed by atoms with Crippen LogP contribution < -0.4 is 10.9 Å². The molecule has 0 amide bonds. The first kappa shape index (κ1) is 15.9. The number of hydrogen-bond donors (Lipinski definition) is 1. The number of anilines is 1. The van der Waals surface area contributed by atoms with Gasteiger partial charge in [-0.3, -0.25) is 4.79 Å². The van der Waals surface area contributed by atoms with Gasteiger partial charge in [0.15, 0.2) is 0 Å². The molecule has 1 unspecified atom stereocenters. The maximum atomic E-state index is 12.2. The van der Waals surface area contributed by atoms with Crippen molar-refractivity contribution in [1.82, 2.24) is 9.78 Å². The van der Waals surface area contributed by atoms with Crippen LogP contribution in [0.3, 0.4) is 0 Å². The molecule has 0 saturated carbocycles. The molecule has 1 aliphatic heterocycles. The number of aromatic nitrogens is 2. The summed E-state index contributed by atoms with van der Waals surface area (Å²) in [6.07, 6.45) is 5.65. The lowest BCUT2D eigenvalue weighted by atomic mass is 10.2. The van der Waals surface area contributed by atoms with E-state index >= 15 is 0 Å². The molecule has 20 heavy (non-hydrogen) atoms. The van der Waals surface area contributed by atoms with E-state index < -0.39 is 0 Å². The van der Waals surface area contributed by atoms with E-state index in [0.717, 1.165) is 12.2 Å². The van der Waals surface area contributed by atoms with E-state index in [-0.39, 0.29) is 5.56 Å². The molecule has 1 aromatic heterocycles. The lowest BCUT2D eigenvalue weighted by Gasteiger charge is -2.22. The van der Waals surface area contributed by atoms with Gasteiger partial charge in [0, 0.05) is 18.3 Å². The summed E-state index contributed by atoms with van der Waals surface area (Å²) in [5, 5.41) is 8.26. The van der Waals surface area contributed by atoms with Gasteiger partial charge < -0.3 is 5.32 Å². The van der Waals surface area contributed by atoms with Crippen LogP contribution in [0.4, 0.5) is 5.69 Å². The molecule has 4 nitrogen and oxygen atoms in total. The van der Waals surface area contributed by atoms with Gasteiger partial charge in [0.25, 0.3) is 5.56 Å². The number of nitrogens with zero attached hydrogens (tertiary/aromatic N) is 2. The van der Waals surface area contributed by atoms with Crippen molar-refractivity contribution in [3.05, 3.63) is 21.0 Å². The molecule has 0 radical (unpaired) electrons. The molecule has 112 valence electrons. The second-order valence-electron chi connectivity index (χ2n) is 5.62. The third-order valence-electron chi connectivity index (χ3n) is 3.32. The highest BCUT2D eigenvalue weighted by Crippen LogP contribution is 2.26. The fraction of sp³-hybridized carbons (Fsp3) is 0.714. The first-order chi connectivity index (χ1) is 9.58. The molecular formula is C14H22BrN3OS. The van der Waals surface area contributed by atoms with E-state index in [2.05, 4.69) is 40.2 Å². The lowest BCUT2D eigenvalue weighted by molar-refractivity contribution is 0.462. The predicted molar refractivity (Wildman–Crippen MR) is 89.6 cm³/mol. The van der Waals surface area contributed by atoms with Crippen molar-refractivity contribution >= 4 is 33.4 Å². The first-order valence-corrected chi connectivity index (χ1v) is 9.03. The third-order valence-corrected chi connectivity index (χ3v) is 5.48. The molecule has 0 bridgehead atoms. The largest absolute Gasteiger partial charge is 0.382 e. The van der Waals surface area contributed by atoms with Crippen LogP contribution in [0.5, 0.6) is 0 Å². The van der Waals surface area contributed by atoms with Gasteiger partial charge in [0.2, 0.25) is 0 Å². The van der Waals surface area contributed by atoms with Gasteiger partial charge in [-0.25, -0.2) is 4.68 Å². The van der Waals surface area contributed by atoms with Crippen molar-refractivity contribution < 1.29 is 0 Å². The lowest BCUT2D eigenvalue weighted by Crippen LogP contribution is -2.27. The van der Waals surface area contributed by atoms with Gasteiger partial charge in [-0.05, 0) is 40.4 Å². The van der Waals surface area contributed by atoms with Crippen LogP contribution in [-0.2, 0) is 6.54 Å². The highest BCUT2D eigenvalue weighted by atomic mass is 79.9. The van der Waals surface area contributed by atoms with Gasteiger partial charge >= 0.3 is 0 Å². The topological polar surface area (TPSA) is 46.9 Å². The second kappa shape index (κ2) is 7.50. The van der Waals surface area contributed by atoms with Crippen LogP contribution in [0, 0.1) is 5.92 Å². The van der Waals surface area contributed by atoms with E-state index in [4.69, 9.17) is 0 Å². The molecule has 0 aliphatic carbocycles. The Bertz CT molecular complexity index is 498. The summed E-state index contributed by atoms with van der Waals surface area (Å²) in [5.74, 6) is 1.66. The van der Waals surface area contributed by atoms with Crippen molar-refractivity contribution in [2.24, 2.45) is 5.92 Å². The molecule has 1 fully saturated rings. The highest BCUT2D eigenvalue weighted by molar-refractivity contribution is 9.10. The van der Waals surface area contributed by atoms with Gasteiger partial charge in [-0.1, -0.05) is 20.3 Å². The summed E-state index contributed by atoms with van der Waals surface area (Å²) in [6.45, 7) is 5.71. The SMILES string of the molecule is CC(C)Cn1ncc(NCC2CCCCS2)c(Br)c1=O. The minimum absolute atomic E-state index is 0.0556. The van der Waals surface area contributed by atoms with Gasteiger partial charge in [-0.15, -0.1) is 0 Å². The molecule has 1 atom stereocenters. The van der Waals surface area contributed by atoms with E-state index in [1.54, 1.807) is 6.20 Å². The predicted octanol–water partition coefficient (Wildman–Crippen LogP) is 3.36. The van der Waals surface area contributed by atoms with E-state index in [1.165, 1.54) is 29.7 Å². The molecule has 1 aliphatic rings. The third kappa shape index (κ3) is 4.25. The summed E-state index contributed by atoms with van der Waals surface area (Å²) in [7, 11) is 0. The van der Waals surface area contributed by atoms with E-state index in [0.29, 0.717) is 22.2 Å². The molecule has 2 heterocycles. The zero-order valence-corrected chi connectivity index (χ0v) is 14.5. The molecule has 6 heteroatoms. The molecule has 1 aromatic rings. The van der Waals surface area contributed by atoms with E-state index in [1.807, 2.05) is 11.8 Å². The summed E-state index contributed by atoms with van der Waals surface area (Å²) >= 11 is 5.43. The number of rotatable bonds is 5. The average Bonchev–Trinajstić information content (AvgIpc) is 2.44. The number of nitrogens with one attached hydrogen (secondary N) is 1. The Morgan fingerprint density at radius 2 is 2.35 bits per heavy atom. The van der Waals surface area contributed by atoms with Gasteiger partial charge in [-0.2, -0.15) is 16.9 Å². The Balaban J connectivity index is 2.01. The normalized spacial score (nSPS) is 19.3. The molecule has 2 rings (SSSR count). The average molecular weight is 360 g/mol. The molecule has 0 spiro atoms. The van der Waals surface area contributed by atoms with Gasteiger partial charge in [0.1, 0.15) is 4.47 Å². The van der Waals surface area contributed by atoms with E-state index in [9.17, 15) is 4.79 Å². The Labute approximate surface area is 132 Å². The smallest absolute Gasteiger partial charge is 0.283 e. The zero-order chi connectivity index (χ0) is 14.5. The maximum Gasteiger partial charge on any atom is 0.283 e. The number of hydrogen-bond acceptors (Lipinski definition) is 4. The fourth-order valence-corrected chi connectivity index (χ4v) is 3.94. The molecule has 0 aromatic carbocycles. The van der Waals surface area contributed by atoms with Crippen molar-refractivity contribution in [1.29, 1.82) is 0 Å². The molecule has 1 N–H and O–H groups in total. The summed E-state index contributed by atoms with van der Waals surface area (Å²) < 4.78 is 2.11. The maximum absolute atomic E-state index is 12.2. The summed E-state index contributed by atoms with van der Waals surface area (Å²) in [5.41, 5.74) is 0.751. The summed E-state index contributed by atoms with van der Waals surface area (Å²) in [4.78, 5) is 12.2. The minimum Gasteiger partial charge on any atom is -0.382 e. The molecular weight excluding hydrogens is 338 g/mol. The van der Waals surface area contributed by atoms with Gasteiger partial charge in [0.05, 0.1) is 11.9 Å². The first-order valence-electron chi connectivity index (χ1n) is 7.19. The Morgan fingerprint density at radius 3 is 3.00 bits per heavy atom. The fourth-order valence-electron chi connectivity index (χ4n) is 2.26. The number of thioether (sulfide) groups is 1. The van der Waals surface area contributed by atoms with Crippen LogP contribution in [-0.4, -0.2) is 27.3 Å². The zero-order valence-electron chi connectivity index (χ0n) is 12.1. The van der Waals surface area contributed by atoms with Crippen molar-refractivity contribution in [2.45, 2.75) is 44.9 Å². The second-order valence-corrected chi connectivity index (χ2v) is 7.82. The minimum atomic E-state index is -0.0556. The Hall–Kier alpha value is -0.490. The van der Waals surface area contributed by atoms with Crippen molar-refractivity contribution in [3.8, 4) is 0 Å². The number of halogens is 1. The Kier molecular flexibility index (Phi) is 5.96. The van der Waals surface area contributed by atoms with Crippen LogP contribution >= 0.6 is 27.7 Å². The monoisotopic (exact) mass is 359 g/mol. The van der Waals surface area contributed by atoms with Crippen LogP contribution in [0.2, 0.25) is 0 Å². The van der Waals surface area contributed by atoms with Crippen LogP contribution in [0.15, 0.2) is 15.5 Å². The van der Waals surface area contributed by atoms with Crippen LogP contribution in [0.25, 0.3) is 0 Å². The highest BCUT2D eigenvalue weighted by Gasteiger charge is 2.15. The van der Waals surface area contributed by atoms with Crippen LogP contribution in [0.1, 0.15) is 33.1 Å². The van der Waals surface area contributed by atoms with Crippen molar-refractivity contribution in [3.63, 3.8) is 0 Å². The quantitative estimate of drug-likeness (QED) is 0.875.